The summed E-state index contributed by atoms with van der Waals surface area (Å²) in [6, 6.07) is 68.6. The molecule has 15 rings (SSSR count). The van der Waals surface area contributed by atoms with Gasteiger partial charge in [0.1, 0.15) is 0 Å². The molecular formula is C67H43N5Pt. The molecule has 0 atom stereocenters. The normalized spacial score (nSPS) is 12.0. The Balaban J connectivity index is 0.00000493. The number of rotatable bonds is 2. The van der Waals surface area contributed by atoms with Gasteiger partial charge in [-0.25, -0.2) is 4.98 Å². The van der Waals surface area contributed by atoms with Gasteiger partial charge in [-0.2, -0.15) is 0 Å². The van der Waals surface area contributed by atoms with Gasteiger partial charge < -0.3 is 15.0 Å². The Kier molecular flexibility index (Phi) is 9.65. The minimum Gasteiger partial charge on any atom is -0.656 e. The predicted octanol–water partition coefficient (Wildman–Crippen LogP) is 17.1. The van der Waals surface area contributed by atoms with Crippen molar-refractivity contribution in [2.45, 2.75) is 27.7 Å². The summed E-state index contributed by atoms with van der Waals surface area (Å²) >= 11 is 0. The molecule has 0 spiro atoms. The van der Waals surface area contributed by atoms with Crippen molar-refractivity contribution in [1.82, 2.24) is 24.9 Å². The number of aromatic nitrogens is 5. The summed E-state index contributed by atoms with van der Waals surface area (Å²) in [5.74, 6) is 0.616. The van der Waals surface area contributed by atoms with Gasteiger partial charge in [0.2, 0.25) is 0 Å². The Morgan fingerprint density at radius 2 is 0.712 bits per heavy atom. The molecule has 0 fully saturated rings. The maximum Gasteiger partial charge on any atom is 2.00 e. The Hall–Kier alpha value is -8.50. The van der Waals surface area contributed by atoms with Gasteiger partial charge in [-0.05, 0) is 175 Å². The SMILES string of the molecule is Cc1cc(C)cc(-c2c3nc(nc4[n-]c(c(-c5cc(C)cc(C)c5)c5nc(cc6[n-]c2c2cc7ccccc7cc62)-c2cc6ccccc6cc2-5)c2cc5ccccc5cc42)-c2cc4ccccc4cc2-3)c1.[Pt+2]. The van der Waals surface area contributed by atoms with Crippen LogP contribution in [0.25, 0.3) is 154 Å². The third-order valence-corrected chi connectivity index (χ3v) is 15.0. The van der Waals surface area contributed by atoms with E-state index in [4.69, 9.17) is 24.9 Å². The van der Waals surface area contributed by atoms with Crippen LogP contribution in [0.5, 0.6) is 0 Å². The summed E-state index contributed by atoms with van der Waals surface area (Å²) in [5, 5.41) is 13.2. The van der Waals surface area contributed by atoms with E-state index in [1.165, 1.54) is 22.3 Å². The second kappa shape index (κ2) is 16.3. The van der Waals surface area contributed by atoms with Crippen molar-refractivity contribution in [3.63, 3.8) is 0 Å². The molecule has 0 unspecified atom stereocenters. The summed E-state index contributed by atoms with van der Waals surface area (Å²) in [5.41, 5.74) is 18.5. The average Bonchev–Trinajstić information content (AvgIpc) is 4.11. The zero-order chi connectivity index (χ0) is 47.9. The third kappa shape index (κ3) is 6.83. The average molecular weight is 1110 g/mol. The first-order valence-corrected chi connectivity index (χ1v) is 24.7. The zero-order valence-electron chi connectivity index (χ0n) is 40.5. The quantitative estimate of drug-likeness (QED) is 0.173. The van der Waals surface area contributed by atoms with Gasteiger partial charge in [-0.1, -0.05) is 156 Å². The molecule has 3 aromatic heterocycles. The van der Waals surface area contributed by atoms with E-state index in [0.717, 1.165) is 143 Å². The summed E-state index contributed by atoms with van der Waals surface area (Å²) < 4.78 is 0. The summed E-state index contributed by atoms with van der Waals surface area (Å²) in [6.07, 6.45) is 0. The van der Waals surface area contributed by atoms with Crippen LogP contribution < -0.4 is 9.97 Å². The first kappa shape index (κ1) is 43.3. The fourth-order valence-electron chi connectivity index (χ4n) is 11.9. The van der Waals surface area contributed by atoms with Crippen LogP contribution in [0.4, 0.5) is 0 Å². The van der Waals surface area contributed by atoms with E-state index in [1.807, 2.05) is 0 Å². The molecule has 2 aliphatic heterocycles. The number of fused-ring (bicyclic) bond motifs is 24. The van der Waals surface area contributed by atoms with Crippen molar-refractivity contribution in [1.29, 1.82) is 0 Å². The topological polar surface area (TPSA) is 66.9 Å². The molecule has 0 saturated heterocycles. The molecule has 5 nitrogen and oxygen atoms in total. The number of hydrogen-bond acceptors (Lipinski definition) is 3. The Morgan fingerprint density at radius 1 is 0.329 bits per heavy atom. The third-order valence-electron chi connectivity index (χ3n) is 15.0. The molecule has 10 aromatic carbocycles. The second-order valence-corrected chi connectivity index (χ2v) is 20.0. The number of benzene rings is 10. The second-order valence-electron chi connectivity index (χ2n) is 20.0. The summed E-state index contributed by atoms with van der Waals surface area (Å²) in [7, 11) is 0. The van der Waals surface area contributed by atoms with Crippen LogP contribution in [0.2, 0.25) is 0 Å². The first-order chi connectivity index (χ1) is 35.2. The number of nitrogens with zero attached hydrogens (tertiary/aromatic N) is 5. The van der Waals surface area contributed by atoms with Crippen LogP contribution >= 0.6 is 0 Å². The molecule has 5 heterocycles. The van der Waals surface area contributed by atoms with Crippen molar-refractivity contribution in [3.8, 4) is 67.4 Å². The van der Waals surface area contributed by atoms with E-state index in [0.29, 0.717) is 11.5 Å². The Labute approximate surface area is 435 Å². The molecule has 346 valence electrons. The molecule has 13 aromatic rings. The van der Waals surface area contributed by atoms with Crippen molar-refractivity contribution >= 4 is 86.8 Å². The van der Waals surface area contributed by atoms with Crippen molar-refractivity contribution in [3.05, 3.63) is 210 Å². The van der Waals surface area contributed by atoms with Gasteiger partial charge in [0.15, 0.2) is 0 Å². The molecule has 2 aliphatic rings. The molecular weight excluding hydrogens is 1070 g/mol. The van der Waals surface area contributed by atoms with Crippen LogP contribution in [-0.4, -0.2) is 15.0 Å². The monoisotopic (exact) mass is 1110 g/mol. The first-order valence-electron chi connectivity index (χ1n) is 24.7. The van der Waals surface area contributed by atoms with E-state index in [-0.39, 0.29) is 21.1 Å². The fraction of sp³-hybridized carbons (Fsp3) is 0.0597. The largest absolute Gasteiger partial charge is 2.00 e. The molecule has 73 heavy (non-hydrogen) atoms. The minimum absolute atomic E-state index is 0. The van der Waals surface area contributed by atoms with Crippen LogP contribution in [-0.2, 0) is 21.1 Å². The van der Waals surface area contributed by atoms with Crippen LogP contribution in [0.1, 0.15) is 22.3 Å². The maximum atomic E-state index is 5.83. The summed E-state index contributed by atoms with van der Waals surface area (Å²) in [6.45, 7) is 8.69. The minimum atomic E-state index is 0. The molecule has 0 amide bonds. The maximum absolute atomic E-state index is 5.83. The van der Waals surface area contributed by atoms with Gasteiger partial charge in [-0.15, -0.1) is 11.0 Å². The van der Waals surface area contributed by atoms with Gasteiger partial charge in [-0.3, -0.25) is 4.98 Å². The van der Waals surface area contributed by atoms with Crippen LogP contribution in [0.15, 0.2) is 188 Å². The van der Waals surface area contributed by atoms with Crippen LogP contribution in [0.3, 0.4) is 0 Å². The predicted molar refractivity (Wildman–Crippen MR) is 300 cm³/mol. The molecule has 0 saturated carbocycles. The van der Waals surface area contributed by atoms with Gasteiger partial charge in [0.25, 0.3) is 0 Å². The molecule has 0 radical (unpaired) electrons. The van der Waals surface area contributed by atoms with Crippen molar-refractivity contribution in [2.75, 3.05) is 0 Å². The number of hydrogen-bond donors (Lipinski definition) is 0. The van der Waals surface area contributed by atoms with E-state index in [9.17, 15) is 0 Å². The van der Waals surface area contributed by atoms with Crippen molar-refractivity contribution < 1.29 is 21.1 Å². The molecule has 8 bridgehead atoms. The Bertz CT molecular complexity index is 4410. The molecule has 0 N–H and O–H groups in total. The van der Waals surface area contributed by atoms with Gasteiger partial charge >= 0.3 is 21.1 Å². The molecule has 6 heteroatoms. The standard InChI is InChI=1S/C67H43N5.Pt/c1-36-21-37(2)24-48(23-36)60-62-52-29-42-15-7-5-13-40(42)27-50(52)58(68-62)35-59-51-28-41-14-6-8-16-43(41)30-53(51)63(69-59)61(49-25-38(3)22-39(4)26-49)65-55-32-45-18-10-12-20-47(45)34-57(55)67(71-65)72-66-56-33-46-19-11-9-17-44(46)31-54(56)64(60)70-66;/h5-35H,1-4H3;/q-2;+2. The van der Waals surface area contributed by atoms with Crippen LogP contribution in [0, 0.1) is 27.7 Å². The Morgan fingerprint density at radius 3 is 1.22 bits per heavy atom. The zero-order valence-corrected chi connectivity index (χ0v) is 42.7. The van der Waals surface area contributed by atoms with E-state index < -0.39 is 0 Å². The van der Waals surface area contributed by atoms with Crippen molar-refractivity contribution in [2.24, 2.45) is 0 Å². The van der Waals surface area contributed by atoms with E-state index in [1.54, 1.807) is 0 Å². The van der Waals surface area contributed by atoms with Gasteiger partial charge in [0.05, 0.1) is 22.9 Å². The smallest absolute Gasteiger partial charge is 0.656 e. The van der Waals surface area contributed by atoms with E-state index in [2.05, 4.69) is 216 Å². The molecule has 0 aliphatic carbocycles. The van der Waals surface area contributed by atoms with Gasteiger partial charge in [0, 0.05) is 27.8 Å². The van der Waals surface area contributed by atoms with E-state index >= 15 is 0 Å². The summed E-state index contributed by atoms with van der Waals surface area (Å²) in [4.78, 5) is 28.8. The number of aryl methyl sites for hydroxylation is 4. The fourth-order valence-corrected chi connectivity index (χ4v) is 11.9.